The monoisotopic (exact) mass is 559 g/mol. The molecular formula is C21H23FIN3O4S. The van der Waals surface area contributed by atoms with Crippen LogP contribution in [0.5, 0.6) is 0 Å². The Bertz CT molecular complexity index is 1070. The number of anilines is 2. The molecule has 0 aliphatic heterocycles. The summed E-state index contributed by atoms with van der Waals surface area (Å²) in [4.78, 5) is 22.6. The Hall–Kier alpha value is -1.86. The number of amides is 1. The van der Waals surface area contributed by atoms with Gasteiger partial charge in [-0.15, -0.1) is 11.3 Å². The molecule has 0 bridgehead atoms. The molecule has 0 unspecified atom stereocenters. The Morgan fingerprint density at radius 3 is 2.84 bits per heavy atom. The second-order valence-electron chi connectivity index (χ2n) is 7.53. The topological polar surface area (TPSA) is 92.7 Å². The molecule has 1 aromatic carbocycles. The molecule has 0 aliphatic carbocycles. The molecule has 0 saturated heterocycles. The van der Waals surface area contributed by atoms with Crippen LogP contribution in [-0.2, 0) is 9.57 Å². The standard InChI is InChI=1S/C21H23FIN3O4S/c1-12(10-29-21(2,3)28)11-30-26-20(27)19-18(14-9-24-7-6-17(14)31-19)25-16-5-4-13(23)8-15(16)22/h4-9,12,25,28H,10-11H2,1-3H3,(H,26,27)/t12-/m1/s1. The largest absolute Gasteiger partial charge is 0.366 e. The molecule has 1 amide bonds. The number of hydrogen-bond acceptors (Lipinski definition) is 7. The van der Waals surface area contributed by atoms with Gasteiger partial charge in [0, 0.05) is 32.0 Å². The first kappa shape index (κ1) is 23.8. The highest BCUT2D eigenvalue weighted by molar-refractivity contribution is 14.1. The Morgan fingerprint density at radius 1 is 1.35 bits per heavy atom. The molecule has 0 aliphatic rings. The van der Waals surface area contributed by atoms with Gasteiger partial charge in [0.25, 0.3) is 5.91 Å². The third-order valence-corrected chi connectivity index (χ3v) is 5.98. The Labute approximate surface area is 197 Å². The fraction of sp³-hybridized carbons (Fsp3) is 0.333. The van der Waals surface area contributed by atoms with Crippen molar-refractivity contribution in [1.29, 1.82) is 0 Å². The highest BCUT2D eigenvalue weighted by atomic mass is 127. The molecule has 31 heavy (non-hydrogen) atoms. The van der Waals surface area contributed by atoms with Gasteiger partial charge >= 0.3 is 0 Å². The number of rotatable bonds is 9. The maximum Gasteiger partial charge on any atom is 0.287 e. The van der Waals surface area contributed by atoms with Crippen LogP contribution < -0.4 is 10.8 Å². The van der Waals surface area contributed by atoms with Crippen LogP contribution in [0.4, 0.5) is 15.8 Å². The van der Waals surface area contributed by atoms with Gasteiger partial charge in [-0.25, -0.2) is 9.87 Å². The molecule has 0 spiro atoms. The van der Waals surface area contributed by atoms with Crippen LogP contribution in [0.3, 0.4) is 0 Å². The van der Waals surface area contributed by atoms with Crippen LogP contribution in [0.15, 0.2) is 36.7 Å². The third kappa shape index (κ3) is 6.56. The predicted molar refractivity (Wildman–Crippen MR) is 127 cm³/mol. The van der Waals surface area contributed by atoms with Gasteiger partial charge in [0.2, 0.25) is 0 Å². The van der Waals surface area contributed by atoms with Crippen molar-refractivity contribution in [2.75, 3.05) is 18.5 Å². The van der Waals surface area contributed by atoms with E-state index in [1.165, 1.54) is 17.4 Å². The number of hydrogen-bond donors (Lipinski definition) is 3. The minimum Gasteiger partial charge on any atom is -0.366 e. The van der Waals surface area contributed by atoms with E-state index >= 15 is 0 Å². The molecule has 0 fully saturated rings. The molecule has 3 N–H and O–H groups in total. The van der Waals surface area contributed by atoms with Gasteiger partial charge in [-0.1, -0.05) is 6.92 Å². The molecule has 0 saturated carbocycles. The van der Waals surface area contributed by atoms with Crippen LogP contribution >= 0.6 is 33.9 Å². The number of halogens is 2. The number of nitrogens with one attached hydrogen (secondary N) is 2. The number of aliphatic hydroxyl groups is 1. The lowest BCUT2D eigenvalue weighted by atomic mass is 10.2. The highest BCUT2D eigenvalue weighted by Crippen LogP contribution is 2.37. The zero-order valence-corrected chi connectivity index (χ0v) is 20.2. The van der Waals surface area contributed by atoms with Crippen molar-refractivity contribution >= 4 is 61.3 Å². The van der Waals surface area contributed by atoms with Crippen molar-refractivity contribution in [2.24, 2.45) is 5.92 Å². The summed E-state index contributed by atoms with van der Waals surface area (Å²) in [6.07, 6.45) is 3.27. The molecule has 3 aromatic rings. The van der Waals surface area contributed by atoms with Crippen LogP contribution in [0.2, 0.25) is 0 Å². The number of fused-ring (bicyclic) bond motifs is 1. The first-order chi connectivity index (χ1) is 14.6. The van der Waals surface area contributed by atoms with Crippen molar-refractivity contribution < 1.29 is 23.9 Å². The zero-order chi connectivity index (χ0) is 22.6. The van der Waals surface area contributed by atoms with E-state index in [1.54, 1.807) is 44.4 Å². The summed E-state index contributed by atoms with van der Waals surface area (Å²) in [6.45, 7) is 5.43. The van der Waals surface area contributed by atoms with Crippen molar-refractivity contribution in [1.82, 2.24) is 10.5 Å². The summed E-state index contributed by atoms with van der Waals surface area (Å²) >= 11 is 3.29. The summed E-state index contributed by atoms with van der Waals surface area (Å²) in [6, 6.07) is 6.61. The molecule has 2 heterocycles. The van der Waals surface area contributed by atoms with E-state index in [2.05, 4.69) is 15.8 Å². The van der Waals surface area contributed by atoms with Crippen LogP contribution in [-0.4, -0.2) is 35.0 Å². The van der Waals surface area contributed by atoms with Gasteiger partial charge in [-0.05, 0) is 60.7 Å². The van der Waals surface area contributed by atoms with Gasteiger partial charge in [-0.2, -0.15) is 0 Å². The molecule has 166 valence electrons. The highest BCUT2D eigenvalue weighted by Gasteiger charge is 2.21. The first-order valence-electron chi connectivity index (χ1n) is 9.51. The number of carbonyl (C=O) groups is 1. The van der Waals surface area contributed by atoms with Crippen molar-refractivity contribution in [3.05, 3.63) is 50.9 Å². The molecular weight excluding hydrogens is 536 g/mol. The lowest BCUT2D eigenvalue weighted by molar-refractivity contribution is -0.186. The van der Waals surface area contributed by atoms with E-state index in [9.17, 15) is 14.3 Å². The number of carbonyl (C=O) groups excluding carboxylic acids is 1. The summed E-state index contributed by atoms with van der Waals surface area (Å²) in [7, 11) is 0. The quantitative estimate of drug-likeness (QED) is 0.198. The van der Waals surface area contributed by atoms with Crippen molar-refractivity contribution in [2.45, 2.75) is 26.6 Å². The SMILES string of the molecule is C[C@@H](CONC(=O)c1sc2ccncc2c1Nc1ccc(I)cc1F)COC(C)(C)O. The lowest BCUT2D eigenvalue weighted by Crippen LogP contribution is -2.30. The van der Waals surface area contributed by atoms with Gasteiger partial charge in [0.15, 0.2) is 5.79 Å². The molecule has 1 atom stereocenters. The number of aromatic nitrogens is 1. The average Bonchev–Trinajstić information content (AvgIpc) is 3.06. The minimum atomic E-state index is -1.23. The number of thiophene rings is 1. The molecule has 7 nitrogen and oxygen atoms in total. The summed E-state index contributed by atoms with van der Waals surface area (Å²) in [5.74, 6) is -2.16. The van der Waals surface area contributed by atoms with E-state index in [0.29, 0.717) is 16.0 Å². The second-order valence-corrected chi connectivity index (χ2v) is 9.83. The number of nitrogens with zero attached hydrogens (tertiary/aromatic N) is 1. The van der Waals surface area contributed by atoms with Crippen LogP contribution in [0.25, 0.3) is 10.1 Å². The van der Waals surface area contributed by atoms with E-state index in [1.807, 2.05) is 29.5 Å². The number of pyridine rings is 1. The summed E-state index contributed by atoms with van der Waals surface area (Å²) in [5.41, 5.74) is 3.16. The minimum absolute atomic E-state index is 0.0585. The van der Waals surface area contributed by atoms with E-state index < -0.39 is 17.5 Å². The Kier molecular flexibility index (Phi) is 7.81. The van der Waals surface area contributed by atoms with Gasteiger partial charge in [0.05, 0.1) is 24.6 Å². The van der Waals surface area contributed by atoms with Gasteiger partial charge in [-0.3, -0.25) is 14.6 Å². The van der Waals surface area contributed by atoms with E-state index in [0.717, 1.165) is 8.27 Å². The van der Waals surface area contributed by atoms with Crippen molar-refractivity contribution in [3.63, 3.8) is 0 Å². The fourth-order valence-electron chi connectivity index (χ4n) is 2.64. The smallest absolute Gasteiger partial charge is 0.287 e. The molecule has 3 rings (SSSR count). The predicted octanol–water partition coefficient (Wildman–Crippen LogP) is 4.83. The van der Waals surface area contributed by atoms with E-state index in [-0.39, 0.29) is 24.8 Å². The number of hydroxylamine groups is 1. The lowest BCUT2D eigenvalue weighted by Gasteiger charge is -2.21. The Morgan fingerprint density at radius 2 is 2.13 bits per heavy atom. The molecule has 0 radical (unpaired) electrons. The van der Waals surface area contributed by atoms with E-state index in [4.69, 9.17) is 9.57 Å². The van der Waals surface area contributed by atoms with Gasteiger partial charge in [0.1, 0.15) is 10.7 Å². The normalized spacial score (nSPS) is 12.7. The molecule has 10 heteroatoms. The first-order valence-corrected chi connectivity index (χ1v) is 11.4. The second kappa shape index (κ2) is 10.2. The third-order valence-electron chi connectivity index (χ3n) is 4.14. The molecule has 2 aromatic heterocycles. The maximum atomic E-state index is 14.4. The van der Waals surface area contributed by atoms with Crippen molar-refractivity contribution in [3.8, 4) is 0 Å². The van der Waals surface area contributed by atoms with Crippen LogP contribution in [0, 0.1) is 15.3 Å². The number of ether oxygens (including phenoxy) is 1. The summed E-state index contributed by atoms with van der Waals surface area (Å²) in [5, 5.41) is 13.4. The average molecular weight is 559 g/mol. The fourth-order valence-corrected chi connectivity index (χ4v) is 4.11. The van der Waals surface area contributed by atoms with Crippen LogP contribution in [0.1, 0.15) is 30.4 Å². The van der Waals surface area contributed by atoms with Gasteiger partial charge < -0.3 is 15.2 Å². The maximum absolute atomic E-state index is 14.4. The zero-order valence-electron chi connectivity index (χ0n) is 17.2. The number of benzene rings is 1. The Balaban J connectivity index is 1.74. The summed E-state index contributed by atoms with van der Waals surface area (Å²) < 4.78 is 21.3.